The van der Waals surface area contributed by atoms with Gasteiger partial charge in [-0.3, -0.25) is 4.79 Å². The predicted octanol–water partition coefficient (Wildman–Crippen LogP) is 2.42. The Balaban J connectivity index is 3.14. The molecule has 3 nitrogen and oxygen atoms in total. The third kappa shape index (κ3) is 3.07. The second kappa shape index (κ2) is 5.82. The minimum atomic E-state index is -0.476. The Bertz CT molecular complexity index is 399. The lowest BCUT2D eigenvalue weighted by molar-refractivity contribution is 0.0937. The van der Waals surface area contributed by atoms with E-state index in [9.17, 15) is 4.79 Å². The molecule has 0 aliphatic rings. The minimum Gasteiger partial charge on any atom is -0.496 e. The van der Waals surface area contributed by atoms with E-state index in [1.165, 1.54) is 0 Å². The standard InChI is InChI=1S/C14H21NO2/c1-5-10-6-7-12(17-4)11(8-10)14(16)13(15)9(2)3/h6-9,13H,5,15H2,1-4H3. The maximum absolute atomic E-state index is 12.2. The summed E-state index contributed by atoms with van der Waals surface area (Å²) in [5.74, 6) is 0.674. The van der Waals surface area contributed by atoms with Crippen LogP contribution in [0.15, 0.2) is 18.2 Å². The molecule has 94 valence electrons. The molecule has 0 bridgehead atoms. The summed E-state index contributed by atoms with van der Waals surface area (Å²) < 4.78 is 5.22. The third-order valence-electron chi connectivity index (χ3n) is 2.96. The van der Waals surface area contributed by atoms with E-state index in [4.69, 9.17) is 10.5 Å². The van der Waals surface area contributed by atoms with Gasteiger partial charge < -0.3 is 10.5 Å². The molecule has 0 saturated carbocycles. The molecule has 1 atom stereocenters. The molecule has 2 N–H and O–H groups in total. The van der Waals surface area contributed by atoms with Crippen LogP contribution in [0.2, 0.25) is 0 Å². The van der Waals surface area contributed by atoms with Crippen LogP contribution >= 0.6 is 0 Å². The van der Waals surface area contributed by atoms with Crippen LogP contribution in [0.4, 0.5) is 0 Å². The first-order valence-corrected chi connectivity index (χ1v) is 5.98. The first-order chi connectivity index (χ1) is 8.01. The lowest BCUT2D eigenvalue weighted by Crippen LogP contribution is -2.35. The first-order valence-electron chi connectivity index (χ1n) is 5.98. The van der Waals surface area contributed by atoms with Crippen molar-refractivity contribution < 1.29 is 9.53 Å². The molecule has 3 heteroatoms. The van der Waals surface area contributed by atoms with Gasteiger partial charge in [0.15, 0.2) is 5.78 Å². The Labute approximate surface area is 103 Å². The van der Waals surface area contributed by atoms with Crippen molar-refractivity contribution in [2.75, 3.05) is 7.11 Å². The zero-order chi connectivity index (χ0) is 13.0. The average Bonchev–Trinajstić information content (AvgIpc) is 2.35. The number of methoxy groups -OCH3 is 1. The van der Waals surface area contributed by atoms with E-state index in [0.29, 0.717) is 11.3 Å². The molecule has 1 aromatic carbocycles. The summed E-state index contributed by atoms with van der Waals surface area (Å²) in [6.07, 6.45) is 0.890. The minimum absolute atomic E-state index is 0.0489. The monoisotopic (exact) mass is 235 g/mol. The van der Waals surface area contributed by atoms with Crippen LogP contribution in [-0.2, 0) is 6.42 Å². The van der Waals surface area contributed by atoms with Crippen LogP contribution in [0.1, 0.15) is 36.7 Å². The molecule has 0 aliphatic heterocycles. The Kier molecular flexibility index (Phi) is 4.70. The van der Waals surface area contributed by atoms with E-state index in [1.807, 2.05) is 32.0 Å². The van der Waals surface area contributed by atoms with Crippen molar-refractivity contribution in [1.82, 2.24) is 0 Å². The lowest BCUT2D eigenvalue weighted by Gasteiger charge is -2.16. The highest BCUT2D eigenvalue weighted by molar-refractivity contribution is 6.02. The Morgan fingerprint density at radius 2 is 2.06 bits per heavy atom. The molecule has 17 heavy (non-hydrogen) atoms. The predicted molar refractivity (Wildman–Crippen MR) is 69.5 cm³/mol. The Morgan fingerprint density at radius 3 is 2.53 bits per heavy atom. The number of rotatable bonds is 5. The van der Waals surface area contributed by atoms with Crippen molar-refractivity contribution in [3.05, 3.63) is 29.3 Å². The highest BCUT2D eigenvalue weighted by atomic mass is 16.5. The average molecular weight is 235 g/mol. The fraction of sp³-hybridized carbons (Fsp3) is 0.500. The summed E-state index contributed by atoms with van der Waals surface area (Å²) in [6.45, 7) is 5.94. The summed E-state index contributed by atoms with van der Waals surface area (Å²) in [4.78, 5) is 12.2. The molecule has 0 spiro atoms. The summed E-state index contributed by atoms with van der Waals surface area (Å²) in [7, 11) is 1.57. The molecule has 1 rings (SSSR count). The summed E-state index contributed by atoms with van der Waals surface area (Å²) in [5.41, 5.74) is 7.61. The fourth-order valence-corrected chi connectivity index (χ4v) is 1.65. The molecule has 0 aliphatic carbocycles. The normalized spacial score (nSPS) is 12.6. The first kappa shape index (κ1) is 13.7. The van der Waals surface area contributed by atoms with E-state index in [-0.39, 0.29) is 11.7 Å². The smallest absolute Gasteiger partial charge is 0.183 e. The number of carbonyl (C=O) groups is 1. The van der Waals surface area contributed by atoms with Gasteiger partial charge in [-0.1, -0.05) is 26.8 Å². The largest absolute Gasteiger partial charge is 0.496 e. The number of benzene rings is 1. The van der Waals surface area contributed by atoms with Crippen LogP contribution in [-0.4, -0.2) is 18.9 Å². The molecule has 1 unspecified atom stereocenters. The van der Waals surface area contributed by atoms with Gasteiger partial charge in [0.25, 0.3) is 0 Å². The van der Waals surface area contributed by atoms with Crippen molar-refractivity contribution in [1.29, 1.82) is 0 Å². The number of carbonyl (C=O) groups excluding carboxylic acids is 1. The Hall–Kier alpha value is -1.35. The lowest BCUT2D eigenvalue weighted by atomic mass is 9.94. The molecular weight excluding hydrogens is 214 g/mol. The number of ketones is 1. The van der Waals surface area contributed by atoms with E-state index in [1.54, 1.807) is 7.11 Å². The molecule has 0 radical (unpaired) electrons. The highest BCUT2D eigenvalue weighted by Gasteiger charge is 2.22. The molecule has 1 aromatic rings. The molecule has 0 saturated heterocycles. The van der Waals surface area contributed by atoms with Crippen molar-refractivity contribution >= 4 is 5.78 Å². The molecular formula is C14H21NO2. The number of aryl methyl sites for hydroxylation is 1. The highest BCUT2D eigenvalue weighted by Crippen LogP contribution is 2.22. The quantitative estimate of drug-likeness (QED) is 0.797. The van der Waals surface area contributed by atoms with Crippen molar-refractivity contribution in [2.24, 2.45) is 11.7 Å². The maximum Gasteiger partial charge on any atom is 0.183 e. The summed E-state index contributed by atoms with van der Waals surface area (Å²) in [5, 5.41) is 0. The zero-order valence-corrected chi connectivity index (χ0v) is 11.0. The number of hydrogen-bond acceptors (Lipinski definition) is 3. The van der Waals surface area contributed by atoms with Crippen molar-refractivity contribution in [3.8, 4) is 5.75 Å². The van der Waals surface area contributed by atoms with Crippen molar-refractivity contribution in [2.45, 2.75) is 33.2 Å². The summed E-state index contributed by atoms with van der Waals surface area (Å²) in [6, 6.07) is 5.20. The van der Waals surface area contributed by atoms with E-state index in [2.05, 4.69) is 6.92 Å². The van der Waals surface area contributed by atoms with E-state index >= 15 is 0 Å². The van der Waals surface area contributed by atoms with Crippen LogP contribution in [0.3, 0.4) is 0 Å². The van der Waals surface area contributed by atoms with Gasteiger partial charge in [-0.15, -0.1) is 0 Å². The third-order valence-corrected chi connectivity index (χ3v) is 2.96. The van der Waals surface area contributed by atoms with E-state index < -0.39 is 6.04 Å². The maximum atomic E-state index is 12.2. The second-order valence-electron chi connectivity index (χ2n) is 4.52. The topological polar surface area (TPSA) is 52.3 Å². The van der Waals surface area contributed by atoms with Crippen LogP contribution < -0.4 is 10.5 Å². The van der Waals surface area contributed by atoms with Crippen LogP contribution in [0.25, 0.3) is 0 Å². The van der Waals surface area contributed by atoms with Gasteiger partial charge >= 0.3 is 0 Å². The molecule has 0 aromatic heterocycles. The second-order valence-corrected chi connectivity index (χ2v) is 4.52. The number of Topliss-reactive ketones (excluding diaryl/α,β-unsaturated/α-hetero) is 1. The number of nitrogens with two attached hydrogens (primary N) is 1. The zero-order valence-electron chi connectivity index (χ0n) is 11.0. The van der Waals surface area contributed by atoms with Crippen molar-refractivity contribution in [3.63, 3.8) is 0 Å². The van der Waals surface area contributed by atoms with Gasteiger partial charge in [-0.05, 0) is 30.0 Å². The van der Waals surface area contributed by atoms with Gasteiger partial charge in [0.2, 0.25) is 0 Å². The van der Waals surface area contributed by atoms with Gasteiger partial charge in [0.05, 0.1) is 18.7 Å². The van der Waals surface area contributed by atoms with Crippen LogP contribution in [0, 0.1) is 5.92 Å². The molecule has 0 fully saturated rings. The van der Waals surface area contributed by atoms with E-state index in [0.717, 1.165) is 12.0 Å². The summed E-state index contributed by atoms with van der Waals surface area (Å²) >= 11 is 0. The SMILES string of the molecule is CCc1ccc(OC)c(C(=O)C(N)C(C)C)c1. The fourth-order valence-electron chi connectivity index (χ4n) is 1.65. The Morgan fingerprint density at radius 1 is 1.41 bits per heavy atom. The molecule has 0 amide bonds. The van der Waals surface area contributed by atoms with Gasteiger partial charge in [-0.2, -0.15) is 0 Å². The van der Waals surface area contributed by atoms with Crippen LogP contribution in [0.5, 0.6) is 5.75 Å². The van der Waals surface area contributed by atoms with Gasteiger partial charge in [0.1, 0.15) is 5.75 Å². The van der Waals surface area contributed by atoms with Gasteiger partial charge in [-0.25, -0.2) is 0 Å². The number of hydrogen-bond donors (Lipinski definition) is 1. The number of ether oxygens (including phenoxy) is 1. The van der Waals surface area contributed by atoms with Gasteiger partial charge in [0, 0.05) is 0 Å². The molecule has 0 heterocycles.